The molecule has 1 aromatic rings. The number of amides is 8. The van der Waals surface area contributed by atoms with Crippen molar-refractivity contribution in [1.82, 2.24) is 37.0 Å². The van der Waals surface area contributed by atoms with Crippen LogP contribution in [0.4, 0.5) is 0 Å². The highest BCUT2D eigenvalue weighted by Crippen LogP contribution is 2.44. The largest absolute Gasteiger partial charge is 0.480 e. The monoisotopic (exact) mass is 939 g/mol. The second-order valence-corrected chi connectivity index (χ2v) is 18.7. The van der Waals surface area contributed by atoms with E-state index in [2.05, 4.69) is 38.8 Å². The average molecular weight is 940 g/mol. The minimum absolute atomic E-state index is 0.0125. The summed E-state index contributed by atoms with van der Waals surface area (Å²) in [6, 6.07) is 3.82. The van der Waals surface area contributed by atoms with Gasteiger partial charge in [0.15, 0.2) is 0 Å². The van der Waals surface area contributed by atoms with Crippen LogP contribution in [0.2, 0.25) is 0 Å². The van der Waals surface area contributed by atoms with E-state index >= 15 is 0 Å². The number of carboxylic acids is 1. The van der Waals surface area contributed by atoms with Crippen molar-refractivity contribution in [3.8, 4) is 0 Å². The molecule has 2 aliphatic heterocycles. The molecule has 20 nitrogen and oxygen atoms in total. The summed E-state index contributed by atoms with van der Waals surface area (Å²) in [5, 5.41) is 25.8. The van der Waals surface area contributed by atoms with Crippen LogP contribution in [0.25, 0.3) is 0 Å². The number of allylic oxidation sites excluding steroid dienone is 1. The number of hydrogen-bond acceptors (Lipinski definition) is 12. The van der Waals surface area contributed by atoms with E-state index in [0.717, 1.165) is 17.5 Å². The number of hydroxylamine groups is 2. The number of benzene rings is 1. The first-order chi connectivity index (χ1) is 31.4. The maximum atomic E-state index is 13.1. The summed E-state index contributed by atoms with van der Waals surface area (Å²) in [5.41, 5.74) is 0.704. The fourth-order valence-electron chi connectivity index (χ4n) is 6.97. The second kappa shape index (κ2) is 25.7. The van der Waals surface area contributed by atoms with Crippen LogP contribution in [0.15, 0.2) is 36.4 Å². The molecule has 0 saturated carbocycles. The molecule has 7 atom stereocenters. The number of carboxylic acid groups (broad SMARTS) is 1. The van der Waals surface area contributed by atoms with E-state index in [4.69, 9.17) is 9.57 Å². The number of aliphatic carboxylic acids is 1. The van der Waals surface area contributed by atoms with Gasteiger partial charge >= 0.3 is 11.9 Å². The number of carbonyl (C=O) groups excluding carboxylic acids is 9. The topological polar surface area (TPSA) is 288 Å². The van der Waals surface area contributed by atoms with Gasteiger partial charge in [0, 0.05) is 38.8 Å². The molecule has 5 unspecified atom stereocenters. The minimum Gasteiger partial charge on any atom is -0.480 e. The van der Waals surface area contributed by atoms with E-state index < -0.39 is 88.8 Å². The molecule has 3 rings (SSSR count). The third kappa shape index (κ3) is 18.2. The van der Waals surface area contributed by atoms with Gasteiger partial charge in [-0.1, -0.05) is 65.0 Å². The Hall–Kier alpha value is -6.18. The highest BCUT2D eigenvalue weighted by molar-refractivity contribution is 6.01. The average Bonchev–Trinajstić information content (AvgIpc) is 4.00. The van der Waals surface area contributed by atoms with E-state index in [1.165, 1.54) is 19.9 Å². The maximum Gasteiger partial charge on any atom is 0.333 e. The first kappa shape index (κ1) is 55.1. The van der Waals surface area contributed by atoms with Crippen LogP contribution >= 0.6 is 0 Å². The Balaban J connectivity index is 1.33. The van der Waals surface area contributed by atoms with Crippen molar-refractivity contribution >= 4 is 59.2 Å². The lowest BCUT2D eigenvalue weighted by Crippen LogP contribution is -2.54. The predicted molar refractivity (Wildman–Crippen MR) is 242 cm³/mol. The summed E-state index contributed by atoms with van der Waals surface area (Å²) in [5.74, 6) is -6.18. The maximum absolute atomic E-state index is 13.1. The van der Waals surface area contributed by atoms with Gasteiger partial charge in [0.25, 0.3) is 11.8 Å². The first-order valence-electron chi connectivity index (χ1n) is 22.9. The molecule has 370 valence electrons. The Morgan fingerprint density at radius 3 is 2.03 bits per heavy atom. The highest BCUT2D eigenvalue weighted by atomic mass is 16.7. The molecule has 0 spiro atoms. The van der Waals surface area contributed by atoms with Crippen molar-refractivity contribution < 1.29 is 62.6 Å². The van der Waals surface area contributed by atoms with Gasteiger partial charge in [0.2, 0.25) is 35.4 Å². The Kier molecular flexibility index (Phi) is 21.1. The molecular weight excluding hydrogens is 871 g/mol. The molecule has 67 heavy (non-hydrogen) atoms. The van der Waals surface area contributed by atoms with Crippen molar-refractivity contribution in [2.45, 2.75) is 157 Å². The molecule has 2 fully saturated rings. The molecule has 1 aromatic carbocycles. The minimum atomic E-state index is -1.13. The van der Waals surface area contributed by atoms with Crippen LogP contribution in [-0.4, -0.2) is 106 Å². The van der Waals surface area contributed by atoms with Gasteiger partial charge in [-0.2, -0.15) is 0 Å². The standard InChI is InChI=1S/C47H69N7O13/c1-26(2)23-33(45(63)64)52-46(65)47(8,9)25-49-43(61)29(6)50-34(55)14-11-10-13-28(5)40-41(66-40)32-19-17-31(18-20-32)24-48-42(60)30(7)51-44(62)39(27(3)4)53-35(56)15-12-16-38(59)67-54-36(57)21-22-37(54)58/h11,14,17-20,26-30,33,39-41H,10,12-13,15-16,21-25H2,1-9H3,(H,48,60)(H,49,61)(H,50,55)(H,51,62)(H,52,65)(H,53,56)(H,63,64)/b14-11+/t28?,29-,30?,33?,39+,40?,41?/m1/s1. The molecule has 20 heteroatoms. The van der Waals surface area contributed by atoms with Crippen LogP contribution in [0.5, 0.6) is 0 Å². The zero-order valence-corrected chi connectivity index (χ0v) is 40.0. The van der Waals surface area contributed by atoms with E-state index in [1.54, 1.807) is 33.8 Å². The van der Waals surface area contributed by atoms with Crippen molar-refractivity contribution in [2.24, 2.45) is 23.2 Å². The summed E-state index contributed by atoms with van der Waals surface area (Å²) in [7, 11) is 0. The Labute approximate surface area is 391 Å². The molecule has 2 heterocycles. The van der Waals surface area contributed by atoms with Gasteiger partial charge in [-0.15, -0.1) is 5.06 Å². The van der Waals surface area contributed by atoms with Crippen molar-refractivity contribution in [3.63, 3.8) is 0 Å². The Bertz CT molecular complexity index is 1990. The third-order valence-corrected chi connectivity index (χ3v) is 11.3. The predicted octanol–water partition coefficient (Wildman–Crippen LogP) is 2.40. The summed E-state index contributed by atoms with van der Waals surface area (Å²) >= 11 is 0. The van der Waals surface area contributed by atoms with Gasteiger partial charge in [-0.05, 0) is 88.3 Å². The fourth-order valence-corrected chi connectivity index (χ4v) is 6.97. The van der Waals surface area contributed by atoms with Crippen molar-refractivity contribution in [2.75, 3.05) is 6.54 Å². The number of carbonyl (C=O) groups is 10. The summed E-state index contributed by atoms with van der Waals surface area (Å²) in [4.78, 5) is 128. The quantitative estimate of drug-likeness (QED) is 0.0380. The van der Waals surface area contributed by atoms with Crippen LogP contribution in [0.3, 0.4) is 0 Å². The zero-order chi connectivity index (χ0) is 50.2. The molecule has 0 radical (unpaired) electrons. The van der Waals surface area contributed by atoms with Crippen LogP contribution in [0, 0.1) is 23.2 Å². The summed E-state index contributed by atoms with van der Waals surface area (Å²) in [6.45, 7) is 15.6. The molecule has 0 bridgehead atoms. The zero-order valence-electron chi connectivity index (χ0n) is 40.0. The molecule has 2 saturated heterocycles. The molecule has 0 aromatic heterocycles. The van der Waals surface area contributed by atoms with E-state index in [9.17, 15) is 53.1 Å². The molecule has 8 amide bonds. The van der Waals surface area contributed by atoms with Gasteiger partial charge in [-0.25, -0.2) is 9.59 Å². The number of rotatable bonds is 27. The second-order valence-electron chi connectivity index (χ2n) is 18.7. The number of nitrogens with zero attached hydrogens (tertiary/aromatic N) is 1. The van der Waals surface area contributed by atoms with E-state index in [-0.39, 0.29) is 81.6 Å². The van der Waals surface area contributed by atoms with Gasteiger partial charge in [-0.3, -0.25) is 38.4 Å². The van der Waals surface area contributed by atoms with E-state index in [0.29, 0.717) is 11.5 Å². The molecule has 2 aliphatic rings. The molecular formula is C47H69N7O13. The van der Waals surface area contributed by atoms with Crippen LogP contribution in [-0.2, 0) is 64.1 Å². The normalized spacial score (nSPS) is 18.1. The SMILES string of the molecule is CC(C)CC(NC(=O)C(C)(C)CNC(=O)[C@@H](C)NC(=O)/C=C/CCC(C)C1OC1c1ccc(CNC(=O)C(C)NC(=O)[C@@H](NC(=O)CCCC(=O)ON2C(=O)CCC2=O)C(C)C)cc1)C(=O)O. The lowest BCUT2D eigenvalue weighted by Gasteiger charge is -2.27. The van der Waals surface area contributed by atoms with E-state index in [1.807, 2.05) is 38.1 Å². The van der Waals surface area contributed by atoms with Gasteiger partial charge in [0.05, 0.1) is 11.5 Å². The Morgan fingerprint density at radius 1 is 0.821 bits per heavy atom. The third-order valence-electron chi connectivity index (χ3n) is 11.3. The van der Waals surface area contributed by atoms with Gasteiger partial charge < -0.3 is 46.6 Å². The van der Waals surface area contributed by atoms with Crippen molar-refractivity contribution in [3.05, 3.63) is 47.5 Å². The lowest BCUT2D eigenvalue weighted by atomic mass is 9.91. The van der Waals surface area contributed by atoms with Crippen LogP contribution < -0.4 is 31.9 Å². The highest BCUT2D eigenvalue weighted by Gasteiger charge is 2.43. The number of nitrogens with one attached hydrogen (secondary N) is 6. The number of ether oxygens (including phenoxy) is 1. The smallest absolute Gasteiger partial charge is 0.333 e. The summed E-state index contributed by atoms with van der Waals surface area (Å²) < 4.78 is 5.98. The first-order valence-corrected chi connectivity index (χ1v) is 22.9. The number of epoxide rings is 1. The number of imide groups is 1. The molecule has 7 N–H and O–H groups in total. The summed E-state index contributed by atoms with van der Waals surface area (Å²) in [6.07, 6.45) is 4.26. The van der Waals surface area contributed by atoms with Gasteiger partial charge in [0.1, 0.15) is 30.3 Å². The lowest BCUT2D eigenvalue weighted by molar-refractivity contribution is -0.197. The molecule has 0 aliphatic carbocycles. The van der Waals surface area contributed by atoms with Crippen molar-refractivity contribution in [1.29, 1.82) is 0 Å². The number of hydrogen-bond donors (Lipinski definition) is 7. The fraction of sp³-hybridized carbons (Fsp3) is 0.617. The van der Waals surface area contributed by atoms with Crippen LogP contribution in [0.1, 0.15) is 131 Å². The Morgan fingerprint density at radius 2 is 1.43 bits per heavy atom.